The molecule has 2 nitrogen and oxygen atoms in total. The third-order valence-corrected chi connectivity index (χ3v) is 4.66. The number of halogens is 6. The Bertz CT molecular complexity index is 549. The molecule has 0 unspecified atom stereocenters. The average Bonchev–Trinajstić information content (AvgIpc) is 2.52. The fraction of sp³-hybridized carbons (Fsp3) is 0.647. The Morgan fingerprint density at radius 3 is 2.08 bits per heavy atom. The van der Waals surface area contributed by atoms with Crippen LogP contribution in [0.4, 0.5) is 32.0 Å². The van der Waals surface area contributed by atoms with Crippen LogP contribution in [0.3, 0.4) is 0 Å². The summed E-state index contributed by atoms with van der Waals surface area (Å²) in [7, 11) is 0. The molecule has 8 heteroatoms. The maximum atomic E-state index is 13.0. The molecule has 1 aliphatic heterocycles. The van der Waals surface area contributed by atoms with Crippen molar-refractivity contribution in [2.75, 3.05) is 18.0 Å². The number of hydrogen-bond donors (Lipinski definition) is 1. The van der Waals surface area contributed by atoms with Crippen LogP contribution in [0.1, 0.15) is 43.7 Å². The van der Waals surface area contributed by atoms with Gasteiger partial charge in [0.15, 0.2) is 0 Å². The molecule has 0 aliphatic carbocycles. The molecule has 1 heterocycles. The number of unbranched alkanes of at least 4 members (excludes halogenated alkanes) is 1. The highest BCUT2D eigenvalue weighted by Gasteiger charge is 2.38. The number of rotatable bonds is 4. The average molecular weight is 368 g/mol. The van der Waals surface area contributed by atoms with E-state index in [0.717, 1.165) is 31.4 Å². The summed E-state index contributed by atoms with van der Waals surface area (Å²) in [5.74, 6) is 0.0672. The maximum Gasteiger partial charge on any atom is 0.416 e. The summed E-state index contributed by atoms with van der Waals surface area (Å²) < 4.78 is 78.0. The lowest BCUT2D eigenvalue weighted by atomic mass is 9.88. The summed E-state index contributed by atoms with van der Waals surface area (Å²) in [6, 6.07) is 1.68. The highest BCUT2D eigenvalue weighted by Crippen LogP contribution is 2.39. The Morgan fingerprint density at radius 1 is 1.04 bits per heavy atom. The van der Waals surface area contributed by atoms with Crippen molar-refractivity contribution >= 4 is 5.69 Å². The molecule has 0 bridgehead atoms. The lowest BCUT2D eigenvalue weighted by Crippen LogP contribution is -2.47. The van der Waals surface area contributed by atoms with E-state index in [1.807, 2.05) is 6.92 Å². The van der Waals surface area contributed by atoms with E-state index < -0.39 is 23.5 Å². The highest BCUT2D eigenvalue weighted by atomic mass is 19.4. The molecule has 2 N–H and O–H groups in total. The predicted octanol–water partition coefficient (Wildman–Crippen LogP) is 5.07. The van der Waals surface area contributed by atoms with Crippen molar-refractivity contribution in [1.82, 2.24) is 0 Å². The number of anilines is 1. The molecule has 1 aromatic rings. The minimum Gasteiger partial charge on any atom is -0.371 e. The quantitative estimate of drug-likeness (QED) is 0.752. The van der Waals surface area contributed by atoms with E-state index in [9.17, 15) is 26.3 Å². The molecule has 0 radical (unpaired) electrons. The lowest BCUT2D eigenvalue weighted by Gasteiger charge is -2.38. The van der Waals surface area contributed by atoms with E-state index in [4.69, 9.17) is 5.73 Å². The number of hydrogen-bond acceptors (Lipinski definition) is 2. The third kappa shape index (κ3) is 5.03. The number of nitrogens with zero attached hydrogens (tertiary/aromatic N) is 1. The molecular formula is C17H22F6N2. The first-order valence-corrected chi connectivity index (χ1v) is 8.32. The molecule has 25 heavy (non-hydrogen) atoms. The molecule has 1 aromatic carbocycles. The molecule has 0 aromatic heterocycles. The second kappa shape index (κ2) is 7.43. The maximum absolute atomic E-state index is 13.0. The van der Waals surface area contributed by atoms with E-state index in [1.165, 1.54) is 0 Å². The largest absolute Gasteiger partial charge is 0.416 e. The van der Waals surface area contributed by atoms with Crippen molar-refractivity contribution in [2.45, 2.75) is 51.0 Å². The van der Waals surface area contributed by atoms with Gasteiger partial charge in [-0.1, -0.05) is 19.8 Å². The number of piperidine rings is 1. The van der Waals surface area contributed by atoms with Gasteiger partial charge in [0.05, 0.1) is 11.1 Å². The highest BCUT2D eigenvalue weighted by molar-refractivity contribution is 5.53. The first kappa shape index (κ1) is 19.9. The van der Waals surface area contributed by atoms with Gasteiger partial charge in [0.2, 0.25) is 0 Å². The Hall–Kier alpha value is -1.44. The van der Waals surface area contributed by atoms with Gasteiger partial charge in [0.1, 0.15) is 0 Å². The second-order valence-electron chi connectivity index (χ2n) is 6.56. The fourth-order valence-electron chi connectivity index (χ4n) is 3.18. The van der Waals surface area contributed by atoms with Crippen molar-refractivity contribution < 1.29 is 26.3 Å². The van der Waals surface area contributed by atoms with Crippen molar-refractivity contribution in [3.8, 4) is 0 Å². The van der Waals surface area contributed by atoms with E-state index in [0.29, 0.717) is 19.5 Å². The molecule has 1 saturated heterocycles. The summed E-state index contributed by atoms with van der Waals surface area (Å²) in [5.41, 5.74) is 3.47. The molecule has 0 amide bonds. The van der Waals surface area contributed by atoms with Gasteiger partial charge >= 0.3 is 12.4 Å². The number of nitrogens with two attached hydrogens (primary N) is 1. The van der Waals surface area contributed by atoms with Crippen LogP contribution in [-0.4, -0.2) is 19.1 Å². The smallest absolute Gasteiger partial charge is 0.371 e. The van der Waals surface area contributed by atoms with Crippen LogP contribution in [0, 0.1) is 5.92 Å². The second-order valence-corrected chi connectivity index (χ2v) is 6.56. The van der Waals surface area contributed by atoms with Crippen LogP contribution in [0.15, 0.2) is 18.2 Å². The SMILES string of the molecule is CCCC[C@H]1CN(c2cc(C(F)(F)F)cc(C(F)(F)F)c2)CC[C@@H]1N. The van der Waals surface area contributed by atoms with Crippen LogP contribution in [0.5, 0.6) is 0 Å². The van der Waals surface area contributed by atoms with Crippen LogP contribution in [0.2, 0.25) is 0 Å². The first-order valence-electron chi connectivity index (χ1n) is 8.32. The zero-order valence-corrected chi connectivity index (χ0v) is 13.9. The summed E-state index contributed by atoms with van der Waals surface area (Å²) in [4.78, 5) is 1.59. The van der Waals surface area contributed by atoms with E-state index in [1.54, 1.807) is 4.90 Å². The molecule has 2 rings (SSSR count). The van der Waals surface area contributed by atoms with Crippen molar-refractivity contribution in [2.24, 2.45) is 11.7 Å². The fourth-order valence-corrected chi connectivity index (χ4v) is 3.18. The van der Waals surface area contributed by atoms with E-state index in [-0.39, 0.29) is 23.7 Å². The van der Waals surface area contributed by atoms with Gasteiger partial charge in [-0.3, -0.25) is 0 Å². The minimum absolute atomic E-state index is 0.0458. The molecule has 0 saturated carbocycles. The first-order chi connectivity index (χ1) is 11.5. The predicted molar refractivity (Wildman–Crippen MR) is 84.3 cm³/mol. The van der Waals surface area contributed by atoms with Gasteiger partial charge in [-0.15, -0.1) is 0 Å². The number of alkyl halides is 6. The monoisotopic (exact) mass is 368 g/mol. The van der Waals surface area contributed by atoms with Gasteiger partial charge in [-0.2, -0.15) is 26.3 Å². The number of benzene rings is 1. The molecule has 2 atom stereocenters. The summed E-state index contributed by atoms with van der Waals surface area (Å²) in [5, 5.41) is 0. The van der Waals surface area contributed by atoms with Crippen molar-refractivity contribution in [3.63, 3.8) is 0 Å². The van der Waals surface area contributed by atoms with Crippen LogP contribution < -0.4 is 10.6 Å². The van der Waals surface area contributed by atoms with Gasteiger partial charge in [-0.25, -0.2) is 0 Å². The molecule has 0 spiro atoms. The molecule has 1 aliphatic rings. The topological polar surface area (TPSA) is 29.3 Å². The van der Waals surface area contributed by atoms with Crippen molar-refractivity contribution in [3.05, 3.63) is 29.3 Å². The Kier molecular flexibility index (Phi) is 5.91. The van der Waals surface area contributed by atoms with Gasteiger partial charge < -0.3 is 10.6 Å². The van der Waals surface area contributed by atoms with Crippen LogP contribution in [-0.2, 0) is 12.4 Å². The zero-order valence-electron chi connectivity index (χ0n) is 13.9. The zero-order chi connectivity index (χ0) is 18.8. The Balaban J connectivity index is 2.34. The van der Waals surface area contributed by atoms with Crippen molar-refractivity contribution in [1.29, 1.82) is 0 Å². The summed E-state index contributed by atoms with van der Waals surface area (Å²) >= 11 is 0. The van der Waals surface area contributed by atoms with Crippen LogP contribution >= 0.6 is 0 Å². The molecule has 142 valence electrons. The van der Waals surface area contributed by atoms with Crippen LogP contribution in [0.25, 0.3) is 0 Å². The Morgan fingerprint density at radius 2 is 1.60 bits per heavy atom. The molecular weight excluding hydrogens is 346 g/mol. The minimum atomic E-state index is -4.83. The lowest BCUT2D eigenvalue weighted by molar-refractivity contribution is -0.143. The summed E-state index contributed by atoms with van der Waals surface area (Å²) in [6.45, 7) is 2.75. The molecule has 1 fully saturated rings. The third-order valence-electron chi connectivity index (χ3n) is 4.66. The normalized spacial score (nSPS) is 22.3. The van der Waals surface area contributed by atoms with Gasteiger partial charge in [0, 0.05) is 24.8 Å². The Labute approximate surface area is 143 Å². The standard InChI is InChI=1S/C17H22F6N2/c1-2-3-4-11-10-25(6-5-15(11)24)14-8-12(16(18,19)20)7-13(9-14)17(21,22)23/h7-9,11,15H,2-6,10,24H2,1H3/t11-,15-/m0/s1. The van der Waals surface area contributed by atoms with E-state index in [2.05, 4.69) is 0 Å². The van der Waals surface area contributed by atoms with Gasteiger partial charge in [-0.05, 0) is 37.0 Å². The van der Waals surface area contributed by atoms with E-state index >= 15 is 0 Å². The van der Waals surface area contributed by atoms with Gasteiger partial charge in [0.25, 0.3) is 0 Å². The summed E-state index contributed by atoms with van der Waals surface area (Å²) in [6.07, 6.45) is -6.40.